The Hall–Kier alpha value is -3.10. The van der Waals surface area contributed by atoms with Gasteiger partial charge in [0.1, 0.15) is 5.76 Å². The van der Waals surface area contributed by atoms with E-state index < -0.39 is 5.72 Å². The van der Waals surface area contributed by atoms with Crippen molar-refractivity contribution in [2.45, 2.75) is 12.6 Å². The minimum Gasteiger partial charge on any atom is -0.464 e. The van der Waals surface area contributed by atoms with Crippen molar-refractivity contribution >= 4 is 11.3 Å². The number of benzene rings is 3. The van der Waals surface area contributed by atoms with Crippen LogP contribution in [-0.2, 0) is 10.5 Å². The Morgan fingerprint density at radius 3 is 1.71 bits per heavy atom. The maximum Gasteiger partial charge on any atom is 0.212 e. The first-order chi connectivity index (χ1) is 13.6. The van der Waals surface area contributed by atoms with Gasteiger partial charge in [-0.25, -0.2) is 0 Å². The molecule has 0 aromatic heterocycles. The van der Waals surface area contributed by atoms with Crippen molar-refractivity contribution in [2.24, 2.45) is 0 Å². The molecule has 0 saturated carbocycles. The first-order valence-corrected chi connectivity index (χ1v) is 9.59. The van der Waals surface area contributed by atoms with Crippen LogP contribution in [0.3, 0.4) is 0 Å². The molecule has 1 aliphatic rings. The Morgan fingerprint density at radius 1 is 0.679 bits per heavy atom. The molecule has 4 rings (SSSR count). The zero-order valence-electron chi connectivity index (χ0n) is 16.6. The van der Waals surface area contributed by atoms with Gasteiger partial charge in [0, 0.05) is 11.1 Å². The van der Waals surface area contributed by atoms with Crippen LogP contribution in [0.2, 0.25) is 0 Å². The SMILES string of the molecule is CC1=C(c2ccccc2)C=C(c2ccccc2)OC1(c1ccccc1)N(C)C. The van der Waals surface area contributed by atoms with Crippen LogP contribution in [0, 0.1) is 0 Å². The van der Waals surface area contributed by atoms with Gasteiger partial charge < -0.3 is 4.74 Å². The normalized spacial score (nSPS) is 19.4. The third kappa shape index (κ3) is 3.06. The average molecular weight is 367 g/mol. The Morgan fingerprint density at radius 2 is 1.18 bits per heavy atom. The summed E-state index contributed by atoms with van der Waals surface area (Å²) in [6, 6.07) is 31.3. The highest BCUT2D eigenvalue weighted by atomic mass is 16.5. The Balaban J connectivity index is 1.99. The predicted octanol–water partition coefficient (Wildman–Crippen LogP) is 5.95. The summed E-state index contributed by atoms with van der Waals surface area (Å²) in [6.07, 6.45) is 2.17. The fraction of sp³-hybridized carbons (Fsp3) is 0.154. The molecule has 0 saturated heterocycles. The fourth-order valence-electron chi connectivity index (χ4n) is 3.97. The van der Waals surface area contributed by atoms with E-state index in [9.17, 15) is 0 Å². The molecule has 3 aromatic carbocycles. The van der Waals surface area contributed by atoms with E-state index in [2.05, 4.69) is 98.7 Å². The molecular formula is C26H25NO. The van der Waals surface area contributed by atoms with Crippen molar-refractivity contribution in [3.8, 4) is 0 Å². The molecule has 1 atom stereocenters. The highest BCUT2D eigenvalue weighted by molar-refractivity contribution is 5.86. The number of hydrogen-bond acceptors (Lipinski definition) is 2. The van der Waals surface area contributed by atoms with Crippen LogP contribution in [0.4, 0.5) is 0 Å². The molecule has 0 fully saturated rings. The maximum absolute atomic E-state index is 6.80. The predicted molar refractivity (Wildman–Crippen MR) is 116 cm³/mol. The number of likely N-dealkylation sites (N-methyl/N-ethyl adjacent to an activating group) is 1. The fourth-order valence-corrected chi connectivity index (χ4v) is 3.97. The summed E-state index contributed by atoms with van der Waals surface area (Å²) in [4.78, 5) is 2.16. The van der Waals surface area contributed by atoms with E-state index in [1.54, 1.807) is 0 Å². The van der Waals surface area contributed by atoms with Gasteiger partial charge in [-0.2, -0.15) is 0 Å². The molecule has 0 aliphatic carbocycles. The van der Waals surface area contributed by atoms with Crippen LogP contribution in [0.25, 0.3) is 11.3 Å². The lowest BCUT2D eigenvalue weighted by Gasteiger charge is -2.45. The summed E-state index contributed by atoms with van der Waals surface area (Å²) in [6.45, 7) is 2.17. The zero-order chi connectivity index (χ0) is 19.6. The average Bonchev–Trinajstić information content (AvgIpc) is 2.75. The molecule has 2 nitrogen and oxygen atoms in total. The molecule has 1 heterocycles. The van der Waals surface area contributed by atoms with Gasteiger partial charge in [-0.3, -0.25) is 4.90 Å². The minimum atomic E-state index is -0.674. The Kier molecular flexibility index (Phi) is 4.89. The topological polar surface area (TPSA) is 12.5 Å². The van der Waals surface area contributed by atoms with Gasteiger partial charge in [-0.05, 0) is 43.8 Å². The molecule has 0 N–H and O–H groups in total. The first-order valence-electron chi connectivity index (χ1n) is 9.59. The van der Waals surface area contributed by atoms with Crippen molar-refractivity contribution in [1.29, 1.82) is 0 Å². The number of nitrogens with zero attached hydrogens (tertiary/aromatic N) is 1. The summed E-state index contributed by atoms with van der Waals surface area (Å²) >= 11 is 0. The molecule has 1 aliphatic heterocycles. The second-order valence-corrected chi connectivity index (χ2v) is 7.29. The van der Waals surface area contributed by atoms with Crippen LogP contribution in [0.15, 0.2) is 103 Å². The van der Waals surface area contributed by atoms with E-state index in [0.29, 0.717) is 0 Å². The Bertz CT molecular complexity index is 1000. The van der Waals surface area contributed by atoms with Gasteiger partial charge >= 0.3 is 0 Å². The molecule has 28 heavy (non-hydrogen) atoms. The van der Waals surface area contributed by atoms with Crippen molar-refractivity contribution in [3.05, 3.63) is 119 Å². The molecule has 2 heteroatoms. The third-order valence-electron chi connectivity index (χ3n) is 5.38. The smallest absolute Gasteiger partial charge is 0.212 e. The van der Waals surface area contributed by atoms with Gasteiger partial charge in [-0.1, -0.05) is 91.0 Å². The summed E-state index contributed by atoms with van der Waals surface area (Å²) in [5.41, 5.74) is 5.08. The highest BCUT2D eigenvalue weighted by Crippen LogP contribution is 2.47. The van der Waals surface area contributed by atoms with E-state index in [1.807, 2.05) is 24.3 Å². The maximum atomic E-state index is 6.80. The van der Waals surface area contributed by atoms with E-state index >= 15 is 0 Å². The molecule has 0 bridgehead atoms. The molecule has 140 valence electrons. The molecule has 0 spiro atoms. The number of hydrogen-bond donors (Lipinski definition) is 0. The van der Waals surface area contributed by atoms with E-state index in [-0.39, 0.29) is 0 Å². The first kappa shape index (κ1) is 18.3. The monoisotopic (exact) mass is 367 g/mol. The number of ether oxygens (including phenoxy) is 1. The van der Waals surface area contributed by atoms with Crippen molar-refractivity contribution in [3.63, 3.8) is 0 Å². The number of allylic oxidation sites excluding steroid dienone is 2. The molecule has 1 unspecified atom stereocenters. The lowest BCUT2D eigenvalue weighted by molar-refractivity contribution is -0.0542. The minimum absolute atomic E-state index is 0.674. The van der Waals surface area contributed by atoms with Crippen molar-refractivity contribution in [2.75, 3.05) is 14.1 Å². The lowest BCUT2D eigenvalue weighted by Crippen LogP contribution is -2.46. The van der Waals surface area contributed by atoms with Crippen molar-refractivity contribution in [1.82, 2.24) is 4.90 Å². The van der Waals surface area contributed by atoms with Gasteiger partial charge in [0.2, 0.25) is 5.72 Å². The van der Waals surface area contributed by atoms with E-state index in [1.165, 1.54) is 16.7 Å². The Labute approximate surface area is 167 Å². The second-order valence-electron chi connectivity index (χ2n) is 7.29. The highest BCUT2D eigenvalue weighted by Gasteiger charge is 2.43. The lowest BCUT2D eigenvalue weighted by atomic mass is 9.85. The zero-order valence-corrected chi connectivity index (χ0v) is 16.6. The van der Waals surface area contributed by atoms with E-state index in [0.717, 1.165) is 16.9 Å². The largest absolute Gasteiger partial charge is 0.464 e. The van der Waals surface area contributed by atoms with Crippen LogP contribution in [0.1, 0.15) is 23.6 Å². The van der Waals surface area contributed by atoms with Crippen LogP contribution in [-0.4, -0.2) is 19.0 Å². The third-order valence-corrected chi connectivity index (χ3v) is 5.38. The molecule has 0 amide bonds. The van der Waals surface area contributed by atoms with Crippen molar-refractivity contribution < 1.29 is 4.74 Å². The van der Waals surface area contributed by atoms with Gasteiger partial charge in [0.05, 0.1) is 0 Å². The summed E-state index contributed by atoms with van der Waals surface area (Å²) in [5, 5.41) is 0. The second kappa shape index (κ2) is 7.49. The molecular weight excluding hydrogens is 342 g/mol. The van der Waals surface area contributed by atoms with Gasteiger partial charge in [-0.15, -0.1) is 0 Å². The summed E-state index contributed by atoms with van der Waals surface area (Å²) < 4.78 is 6.80. The van der Waals surface area contributed by atoms with E-state index in [4.69, 9.17) is 4.74 Å². The van der Waals surface area contributed by atoms with Gasteiger partial charge in [0.15, 0.2) is 0 Å². The molecule has 3 aromatic rings. The van der Waals surface area contributed by atoms with Crippen LogP contribution < -0.4 is 0 Å². The number of rotatable bonds is 4. The standard InChI is InChI=1S/C26H25NO/c1-20-24(21-13-7-4-8-14-21)19-25(22-15-9-5-10-16-22)28-26(20,27(2)3)23-17-11-6-12-18-23/h4-19H,1-3H3. The summed E-state index contributed by atoms with van der Waals surface area (Å²) in [5.74, 6) is 0.877. The summed E-state index contributed by atoms with van der Waals surface area (Å²) in [7, 11) is 4.15. The van der Waals surface area contributed by atoms with Crippen LogP contribution >= 0.6 is 0 Å². The van der Waals surface area contributed by atoms with Crippen LogP contribution in [0.5, 0.6) is 0 Å². The van der Waals surface area contributed by atoms with Gasteiger partial charge in [0.25, 0.3) is 0 Å². The molecule has 0 radical (unpaired) electrons. The quantitative estimate of drug-likeness (QED) is 0.565.